The maximum absolute atomic E-state index is 13.0. The molecule has 0 spiro atoms. The number of amides is 1. The van der Waals surface area contributed by atoms with Crippen LogP contribution in [0, 0.1) is 0 Å². The van der Waals surface area contributed by atoms with E-state index < -0.39 is 11.5 Å². The number of ketones is 1. The van der Waals surface area contributed by atoms with Crippen LogP contribution < -0.4 is 4.90 Å². The smallest absolute Gasteiger partial charge is 0.264 e. The molecule has 1 aliphatic rings. The zero-order valence-electron chi connectivity index (χ0n) is 15.6. The van der Waals surface area contributed by atoms with E-state index in [1.165, 1.54) is 4.90 Å². The first-order valence-corrected chi connectivity index (χ1v) is 9.95. The molecular formula is C23H19BrN2O3. The number of anilines is 1. The molecule has 0 saturated carbocycles. The van der Waals surface area contributed by atoms with Gasteiger partial charge in [-0.25, -0.2) is 0 Å². The summed E-state index contributed by atoms with van der Waals surface area (Å²) in [5.74, 6) is -0.811. The molecule has 0 radical (unpaired) electrons. The second-order valence-electron chi connectivity index (χ2n) is 6.96. The van der Waals surface area contributed by atoms with E-state index in [4.69, 9.17) is 0 Å². The molecule has 0 aliphatic carbocycles. The number of carbonyl (C=O) groups excluding carboxylic acids is 2. The Labute approximate surface area is 177 Å². The molecule has 0 fully saturated rings. The van der Waals surface area contributed by atoms with Crippen LogP contribution in [0.25, 0.3) is 5.69 Å². The van der Waals surface area contributed by atoms with Gasteiger partial charge in [0.15, 0.2) is 11.4 Å². The van der Waals surface area contributed by atoms with Crippen LogP contribution in [0.4, 0.5) is 5.69 Å². The molecule has 5 nitrogen and oxygen atoms in total. The average Bonchev–Trinajstić information content (AvgIpc) is 3.32. The topological polar surface area (TPSA) is 62.5 Å². The van der Waals surface area contributed by atoms with E-state index in [0.29, 0.717) is 16.8 Å². The van der Waals surface area contributed by atoms with Crippen molar-refractivity contribution < 1.29 is 14.7 Å². The first-order chi connectivity index (χ1) is 13.9. The Morgan fingerprint density at radius 1 is 1.14 bits per heavy atom. The van der Waals surface area contributed by atoms with Gasteiger partial charge < -0.3 is 14.6 Å². The van der Waals surface area contributed by atoms with Crippen molar-refractivity contribution in [2.45, 2.75) is 12.0 Å². The highest BCUT2D eigenvalue weighted by atomic mass is 79.9. The van der Waals surface area contributed by atoms with Gasteiger partial charge in [0.1, 0.15) is 0 Å². The molecule has 146 valence electrons. The Morgan fingerprint density at radius 3 is 2.48 bits per heavy atom. The number of fused-ring (bicyclic) bond motifs is 1. The molecule has 1 aromatic heterocycles. The van der Waals surface area contributed by atoms with Crippen molar-refractivity contribution in [3.05, 3.63) is 95.2 Å². The number of halogens is 1. The molecular weight excluding hydrogens is 432 g/mol. The fraction of sp³-hybridized carbons (Fsp3) is 0.130. The summed E-state index contributed by atoms with van der Waals surface area (Å²) < 4.78 is 2.66. The number of benzene rings is 2. The van der Waals surface area contributed by atoms with Crippen molar-refractivity contribution in [2.75, 3.05) is 11.4 Å². The van der Waals surface area contributed by atoms with Crippen molar-refractivity contribution in [1.29, 1.82) is 0 Å². The highest BCUT2D eigenvalue weighted by Crippen LogP contribution is 2.44. The van der Waals surface area contributed by atoms with Crippen LogP contribution in [0.1, 0.15) is 22.3 Å². The van der Waals surface area contributed by atoms with Gasteiger partial charge in [0.05, 0.1) is 12.1 Å². The number of carbonyl (C=O) groups is 2. The average molecular weight is 451 g/mol. The first kappa shape index (κ1) is 19.4. The van der Waals surface area contributed by atoms with Crippen molar-refractivity contribution >= 4 is 33.3 Å². The van der Waals surface area contributed by atoms with Crippen molar-refractivity contribution in [2.24, 2.45) is 0 Å². The number of hydrogen-bond acceptors (Lipinski definition) is 3. The summed E-state index contributed by atoms with van der Waals surface area (Å²) in [6.07, 6.45) is 5.10. The van der Waals surface area contributed by atoms with E-state index in [1.54, 1.807) is 36.4 Å². The quantitative estimate of drug-likeness (QED) is 0.451. The van der Waals surface area contributed by atoms with E-state index in [2.05, 4.69) is 22.5 Å². The van der Waals surface area contributed by atoms with Crippen LogP contribution in [0.3, 0.4) is 0 Å². The van der Waals surface area contributed by atoms with E-state index >= 15 is 0 Å². The van der Waals surface area contributed by atoms with Crippen molar-refractivity contribution in [3.8, 4) is 5.69 Å². The van der Waals surface area contributed by atoms with Gasteiger partial charge >= 0.3 is 0 Å². The van der Waals surface area contributed by atoms with E-state index in [-0.39, 0.29) is 18.7 Å². The zero-order chi connectivity index (χ0) is 20.6. The second-order valence-corrected chi connectivity index (χ2v) is 7.88. The molecule has 1 aliphatic heterocycles. The van der Waals surface area contributed by atoms with Gasteiger partial charge in [-0.1, -0.05) is 22.0 Å². The van der Waals surface area contributed by atoms with Gasteiger partial charge in [-0.3, -0.25) is 9.59 Å². The predicted octanol–water partition coefficient (Wildman–Crippen LogP) is 4.23. The second kappa shape index (κ2) is 7.46. The molecule has 3 aromatic rings. The molecule has 2 heterocycles. The standard InChI is InChI=1S/C23H19BrN2O3/c1-2-11-26-20-10-7-17(24)14-19(20)23(29,22(26)28)15-21(27)16-5-8-18(9-6-16)25-12-3-4-13-25/h2-10,12-14,29H,1,11,15H2/t23-/m0/s1. The van der Waals surface area contributed by atoms with Crippen molar-refractivity contribution in [3.63, 3.8) is 0 Å². The Morgan fingerprint density at radius 2 is 1.83 bits per heavy atom. The monoisotopic (exact) mass is 450 g/mol. The number of Topliss-reactive ketones (excluding diaryl/α,β-unsaturated/α-hetero) is 1. The zero-order valence-corrected chi connectivity index (χ0v) is 17.2. The summed E-state index contributed by atoms with van der Waals surface area (Å²) in [5, 5.41) is 11.3. The van der Waals surface area contributed by atoms with Gasteiger partial charge in [-0.15, -0.1) is 6.58 Å². The van der Waals surface area contributed by atoms with Crippen molar-refractivity contribution in [1.82, 2.24) is 4.57 Å². The SMILES string of the molecule is C=CCN1C(=O)[C@](O)(CC(=O)c2ccc(-n3cccc3)cc2)c2cc(Br)ccc21. The first-order valence-electron chi connectivity index (χ1n) is 9.16. The van der Waals surface area contributed by atoms with Crippen LogP contribution in [-0.2, 0) is 10.4 Å². The van der Waals surface area contributed by atoms with Gasteiger partial charge in [0.25, 0.3) is 5.91 Å². The van der Waals surface area contributed by atoms with Crippen LogP contribution in [0.5, 0.6) is 0 Å². The Hall–Kier alpha value is -2.96. The van der Waals surface area contributed by atoms with Crippen LogP contribution in [0.2, 0.25) is 0 Å². The van der Waals surface area contributed by atoms with Gasteiger partial charge in [0, 0.05) is 40.2 Å². The summed E-state index contributed by atoms with van der Waals surface area (Å²) in [7, 11) is 0. The minimum atomic E-state index is -1.90. The highest BCUT2D eigenvalue weighted by molar-refractivity contribution is 9.10. The predicted molar refractivity (Wildman–Crippen MR) is 115 cm³/mol. The lowest BCUT2D eigenvalue weighted by Crippen LogP contribution is -2.41. The van der Waals surface area contributed by atoms with Gasteiger partial charge in [-0.2, -0.15) is 0 Å². The van der Waals surface area contributed by atoms with Gasteiger partial charge in [-0.05, 0) is 54.6 Å². The fourth-order valence-electron chi connectivity index (χ4n) is 3.66. The van der Waals surface area contributed by atoms with E-state index in [1.807, 2.05) is 41.2 Å². The molecule has 1 atom stereocenters. The lowest BCUT2D eigenvalue weighted by molar-refractivity contribution is -0.135. The lowest BCUT2D eigenvalue weighted by Gasteiger charge is -2.22. The summed E-state index contributed by atoms with van der Waals surface area (Å²) >= 11 is 3.39. The molecule has 2 aromatic carbocycles. The number of hydrogen-bond donors (Lipinski definition) is 1. The highest BCUT2D eigenvalue weighted by Gasteiger charge is 2.50. The maximum atomic E-state index is 13.0. The summed E-state index contributed by atoms with van der Waals surface area (Å²) in [4.78, 5) is 27.4. The molecule has 1 amide bonds. The molecule has 4 rings (SSSR count). The summed E-state index contributed by atoms with van der Waals surface area (Å²) in [6.45, 7) is 3.94. The maximum Gasteiger partial charge on any atom is 0.264 e. The molecule has 0 unspecified atom stereocenters. The summed E-state index contributed by atoms with van der Waals surface area (Å²) in [6, 6.07) is 16.2. The third kappa shape index (κ3) is 3.34. The minimum absolute atomic E-state index is 0.259. The Kier molecular flexibility index (Phi) is 4.98. The minimum Gasteiger partial charge on any atom is -0.375 e. The van der Waals surface area contributed by atoms with Crippen LogP contribution in [0.15, 0.2) is 84.1 Å². The van der Waals surface area contributed by atoms with Crippen LogP contribution >= 0.6 is 15.9 Å². The number of nitrogens with zero attached hydrogens (tertiary/aromatic N) is 2. The molecule has 0 saturated heterocycles. The fourth-order valence-corrected chi connectivity index (χ4v) is 4.03. The molecule has 0 bridgehead atoms. The number of aliphatic hydroxyl groups is 1. The normalized spacial score (nSPS) is 18.0. The number of aromatic nitrogens is 1. The molecule has 29 heavy (non-hydrogen) atoms. The molecule has 6 heteroatoms. The Bertz CT molecular complexity index is 1090. The van der Waals surface area contributed by atoms with Crippen LogP contribution in [-0.4, -0.2) is 27.9 Å². The largest absolute Gasteiger partial charge is 0.375 e. The molecule has 1 N–H and O–H groups in total. The number of rotatable bonds is 6. The lowest BCUT2D eigenvalue weighted by atomic mass is 9.88. The Balaban J connectivity index is 1.64. The van der Waals surface area contributed by atoms with E-state index in [0.717, 1.165) is 10.2 Å². The van der Waals surface area contributed by atoms with Gasteiger partial charge in [0.2, 0.25) is 0 Å². The summed E-state index contributed by atoms with van der Waals surface area (Å²) in [5.41, 5.74) is 0.486. The third-order valence-electron chi connectivity index (χ3n) is 5.11. The third-order valence-corrected chi connectivity index (χ3v) is 5.61. The van der Waals surface area contributed by atoms with E-state index in [9.17, 15) is 14.7 Å².